The molecular formula is C16H11ClO4. The quantitative estimate of drug-likeness (QED) is 0.783. The molecule has 21 heavy (non-hydrogen) atoms. The summed E-state index contributed by atoms with van der Waals surface area (Å²) in [4.78, 5) is 12.6. The maximum atomic E-state index is 12.6. The molecule has 4 rings (SSSR count). The van der Waals surface area contributed by atoms with E-state index >= 15 is 0 Å². The zero-order valence-corrected chi connectivity index (χ0v) is 11.8. The van der Waals surface area contributed by atoms with Crippen LogP contribution in [0.5, 0.6) is 5.75 Å². The molecule has 106 valence electrons. The van der Waals surface area contributed by atoms with E-state index in [0.29, 0.717) is 0 Å². The molecule has 0 saturated heterocycles. The van der Waals surface area contributed by atoms with Crippen LogP contribution in [0.2, 0.25) is 5.02 Å². The Morgan fingerprint density at radius 2 is 1.81 bits per heavy atom. The van der Waals surface area contributed by atoms with Crippen molar-refractivity contribution in [2.75, 3.05) is 0 Å². The van der Waals surface area contributed by atoms with Crippen LogP contribution in [0.1, 0.15) is 27.0 Å². The first-order valence-corrected chi connectivity index (χ1v) is 6.86. The van der Waals surface area contributed by atoms with E-state index < -0.39 is 17.2 Å². The second-order valence-corrected chi connectivity index (χ2v) is 5.78. The number of rotatable bonds is 0. The maximum Gasteiger partial charge on any atom is 0.276 e. The van der Waals surface area contributed by atoms with Gasteiger partial charge >= 0.3 is 0 Å². The Balaban J connectivity index is 2.07. The third kappa shape index (κ3) is 1.22. The number of benzene rings is 2. The molecule has 0 fully saturated rings. The van der Waals surface area contributed by atoms with Gasteiger partial charge in [0.2, 0.25) is 11.4 Å². The molecular weight excluding hydrogens is 292 g/mol. The van der Waals surface area contributed by atoms with Gasteiger partial charge in [-0.1, -0.05) is 48.0 Å². The molecule has 0 amide bonds. The van der Waals surface area contributed by atoms with E-state index in [1.807, 2.05) is 0 Å². The lowest BCUT2D eigenvalue weighted by molar-refractivity contribution is -0.224. The average Bonchev–Trinajstić information content (AvgIpc) is 2.81. The first-order valence-electron chi connectivity index (χ1n) is 6.49. The second kappa shape index (κ2) is 3.65. The average molecular weight is 303 g/mol. The number of hydrogen-bond acceptors (Lipinski definition) is 4. The van der Waals surface area contributed by atoms with E-state index in [2.05, 4.69) is 0 Å². The second-order valence-electron chi connectivity index (χ2n) is 5.40. The van der Waals surface area contributed by atoms with Crippen molar-refractivity contribution in [1.82, 2.24) is 0 Å². The van der Waals surface area contributed by atoms with Gasteiger partial charge in [-0.2, -0.15) is 0 Å². The van der Waals surface area contributed by atoms with Crippen molar-refractivity contribution in [3.63, 3.8) is 0 Å². The lowest BCUT2D eigenvalue weighted by Crippen LogP contribution is -2.48. The monoisotopic (exact) mass is 302 g/mol. The number of Topliss-reactive ketones (excluding diaryl/α,β-unsaturated/α-hetero) is 1. The molecule has 1 heterocycles. The highest BCUT2D eigenvalue weighted by molar-refractivity contribution is 6.33. The SMILES string of the molecule is Cc1ccc2c(c1Cl)OC1(O)c3ccccc3C(=O)C21O. The molecule has 2 N–H and O–H groups in total. The van der Waals surface area contributed by atoms with Gasteiger partial charge in [-0.25, -0.2) is 0 Å². The fraction of sp³-hybridized carbons (Fsp3) is 0.188. The van der Waals surface area contributed by atoms with Gasteiger partial charge in [-0.05, 0) is 12.5 Å². The van der Waals surface area contributed by atoms with Gasteiger partial charge in [0.05, 0.1) is 5.02 Å². The summed E-state index contributed by atoms with van der Waals surface area (Å²) in [5.74, 6) is -2.57. The molecule has 0 aromatic heterocycles. The van der Waals surface area contributed by atoms with Crippen LogP contribution in [-0.2, 0) is 11.4 Å². The number of ketones is 1. The minimum Gasteiger partial charge on any atom is -0.452 e. The summed E-state index contributed by atoms with van der Waals surface area (Å²) in [6, 6.07) is 9.73. The fourth-order valence-electron chi connectivity index (χ4n) is 3.14. The molecule has 1 aliphatic heterocycles. The summed E-state index contributed by atoms with van der Waals surface area (Å²) in [7, 11) is 0. The van der Waals surface area contributed by atoms with Crippen LogP contribution in [0.4, 0.5) is 0 Å². The largest absolute Gasteiger partial charge is 0.452 e. The van der Waals surface area contributed by atoms with Crippen molar-refractivity contribution in [2.24, 2.45) is 0 Å². The van der Waals surface area contributed by atoms with Gasteiger partial charge in [0.25, 0.3) is 5.79 Å². The van der Waals surface area contributed by atoms with Crippen LogP contribution >= 0.6 is 11.6 Å². The van der Waals surface area contributed by atoms with Crippen molar-refractivity contribution in [1.29, 1.82) is 0 Å². The summed E-state index contributed by atoms with van der Waals surface area (Å²) >= 11 is 6.19. The van der Waals surface area contributed by atoms with Gasteiger partial charge in [0.1, 0.15) is 5.75 Å². The molecule has 5 heteroatoms. The third-order valence-electron chi connectivity index (χ3n) is 4.29. The van der Waals surface area contributed by atoms with Gasteiger partial charge in [0.15, 0.2) is 0 Å². The first kappa shape index (κ1) is 12.8. The molecule has 2 atom stereocenters. The van der Waals surface area contributed by atoms with Crippen LogP contribution < -0.4 is 4.74 Å². The Bertz CT molecular complexity index is 816. The predicted molar refractivity (Wildman–Crippen MR) is 75.4 cm³/mol. The summed E-state index contributed by atoms with van der Waals surface area (Å²) in [5, 5.41) is 22.1. The lowest BCUT2D eigenvalue weighted by atomic mass is 9.87. The zero-order chi connectivity index (χ0) is 15.0. The van der Waals surface area contributed by atoms with Crippen molar-refractivity contribution < 1.29 is 19.7 Å². The van der Waals surface area contributed by atoms with E-state index in [-0.39, 0.29) is 27.5 Å². The molecule has 2 aromatic carbocycles. The van der Waals surface area contributed by atoms with Crippen molar-refractivity contribution >= 4 is 17.4 Å². The fourth-order valence-corrected chi connectivity index (χ4v) is 3.34. The normalized spacial score (nSPS) is 28.9. The van der Waals surface area contributed by atoms with Gasteiger partial charge in [-0.3, -0.25) is 4.79 Å². The van der Waals surface area contributed by atoms with Crippen molar-refractivity contribution in [3.05, 3.63) is 63.7 Å². The predicted octanol–water partition coefficient (Wildman–Crippen LogP) is 2.27. The van der Waals surface area contributed by atoms with Gasteiger partial charge in [-0.15, -0.1) is 0 Å². The minimum absolute atomic E-state index is 0.157. The number of aliphatic hydroxyl groups is 2. The molecule has 0 radical (unpaired) electrons. The van der Waals surface area contributed by atoms with E-state index in [0.717, 1.165) is 5.56 Å². The number of carbonyl (C=O) groups excluding carboxylic acids is 1. The van der Waals surface area contributed by atoms with Crippen LogP contribution in [0.3, 0.4) is 0 Å². The maximum absolute atomic E-state index is 12.6. The highest BCUT2D eigenvalue weighted by Crippen LogP contribution is 2.59. The smallest absolute Gasteiger partial charge is 0.276 e. The van der Waals surface area contributed by atoms with E-state index in [1.165, 1.54) is 0 Å². The first-order chi connectivity index (χ1) is 9.91. The molecule has 2 unspecified atom stereocenters. The highest BCUT2D eigenvalue weighted by Gasteiger charge is 2.70. The number of halogens is 1. The summed E-state index contributed by atoms with van der Waals surface area (Å²) in [6.45, 7) is 1.78. The molecule has 4 nitrogen and oxygen atoms in total. The number of fused-ring (bicyclic) bond motifs is 5. The highest BCUT2D eigenvalue weighted by atomic mass is 35.5. The summed E-state index contributed by atoms with van der Waals surface area (Å²) in [5.41, 5.74) is -0.721. The standard InChI is InChI=1S/C16H11ClO4/c1-8-6-7-11-13(12(8)17)21-16(20)10-5-3-2-4-9(10)14(18)15(11,16)19/h2-7,19-20H,1H3. The number of ether oxygens (including phenoxy) is 1. The van der Waals surface area contributed by atoms with Crippen molar-refractivity contribution in [2.45, 2.75) is 18.3 Å². The molecule has 1 aliphatic carbocycles. The lowest BCUT2D eigenvalue weighted by Gasteiger charge is -2.28. The molecule has 0 saturated carbocycles. The Hall–Kier alpha value is -1.88. The van der Waals surface area contributed by atoms with Gasteiger partial charge < -0.3 is 14.9 Å². The van der Waals surface area contributed by atoms with Crippen molar-refractivity contribution in [3.8, 4) is 5.75 Å². The topological polar surface area (TPSA) is 66.8 Å². The van der Waals surface area contributed by atoms with Crippen LogP contribution in [0.25, 0.3) is 0 Å². The molecule has 0 spiro atoms. The van der Waals surface area contributed by atoms with E-state index in [1.54, 1.807) is 43.3 Å². The Morgan fingerprint density at radius 3 is 2.57 bits per heavy atom. The van der Waals surface area contributed by atoms with Crippen LogP contribution in [0, 0.1) is 6.92 Å². The van der Waals surface area contributed by atoms with Gasteiger partial charge in [0, 0.05) is 16.7 Å². The van der Waals surface area contributed by atoms with E-state index in [4.69, 9.17) is 16.3 Å². The Morgan fingerprint density at radius 1 is 1.10 bits per heavy atom. The number of aryl methyl sites for hydroxylation is 1. The number of hydrogen-bond donors (Lipinski definition) is 2. The molecule has 2 aromatic rings. The molecule has 0 bridgehead atoms. The minimum atomic E-state index is -2.16. The number of carbonyl (C=O) groups is 1. The van der Waals surface area contributed by atoms with Crippen LogP contribution in [-0.4, -0.2) is 16.0 Å². The molecule has 2 aliphatic rings. The Kier molecular flexibility index (Phi) is 2.23. The van der Waals surface area contributed by atoms with Crippen LogP contribution in [0.15, 0.2) is 36.4 Å². The summed E-state index contributed by atoms with van der Waals surface area (Å²) in [6.07, 6.45) is 0. The Labute approximate surface area is 125 Å². The third-order valence-corrected chi connectivity index (χ3v) is 4.76. The zero-order valence-electron chi connectivity index (χ0n) is 11.1. The summed E-state index contributed by atoms with van der Waals surface area (Å²) < 4.78 is 5.58. The van der Waals surface area contributed by atoms with E-state index in [9.17, 15) is 15.0 Å².